The van der Waals surface area contributed by atoms with E-state index in [4.69, 9.17) is 0 Å². The molecule has 150 valence electrons. The number of nitrogens with zero attached hydrogens (tertiary/aromatic N) is 3. The molecule has 0 saturated carbocycles. The van der Waals surface area contributed by atoms with Gasteiger partial charge >= 0.3 is 0 Å². The molecule has 0 aliphatic carbocycles. The molecule has 2 aliphatic rings. The molecular formula is C22H28FN3OS. The molecule has 2 saturated heterocycles. The number of thiazole rings is 1. The van der Waals surface area contributed by atoms with Crippen LogP contribution in [0.4, 0.5) is 4.39 Å². The van der Waals surface area contributed by atoms with E-state index < -0.39 is 0 Å². The summed E-state index contributed by atoms with van der Waals surface area (Å²) in [7, 11) is 0. The molecule has 3 heterocycles. The second-order valence-corrected chi connectivity index (χ2v) is 9.49. The molecule has 0 unspecified atom stereocenters. The van der Waals surface area contributed by atoms with Gasteiger partial charge in [-0.2, -0.15) is 0 Å². The predicted octanol–water partition coefficient (Wildman–Crippen LogP) is 4.45. The Labute approximate surface area is 170 Å². The molecule has 28 heavy (non-hydrogen) atoms. The summed E-state index contributed by atoms with van der Waals surface area (Å²) in [5, 5.41) is 1.13. The maximum absolute atomic E-state index is 13.2. The number of rotatable bonds is 4. The van der Waals surface area contributed by atoms with Crippen LogP contribution in [-0.4, -0.2) is 39.3 Å². The van der Waals surface area contributed by atoms with Crippen LogP contribution in [0.3, 0.4) is 0 Å². The van der Waals surface area contributed by atoms with Crippen LogP contribution in [-0.2, 0) is 17.9 Å². The van der Waals surface area contributed by atoms with E-state index >= 15 is 0 Å². The topological polar surface area (TPSA) is 36.4 Å². The first-order valence-corrected chi connectivity index (χ1v) is 11.0. The smallest absolute Gasteiger partial charge is 0.223 e. The lowest BCUT2D eigenvalue weighted by Gasteiger charge is -2.38. The van der Waals surface area contributed by atoms with Gasteiger partial charge in [-0.1, -0.05) is 12.1 Å². The molecule has 1 atom stereocenters. The summed E-state index contributed by atoms with van der Waals surface area (Å²) >= 11 is 1.79. The molecule has 4 nitrogen and oxygen atoms in total. The van der Waals surface area contributed by atoms with Crippen LogP contribution >= 0.6 is 11.3 Å². The van der Waals surface area contributed by atoms with Crippen molar-refractivity contribution < 1.29 is 9.18 Å². The van der Waals surface area contributed by atoms with Crippen molar-refractivity contribution >= 4 is 17.2 Å². The van der Waals surface area contributed by atoms with Gasteiger partial charge in [0, 0.05) is 36.5 Å². The van der Waals surface area contributed by atoms with Crippen molar-refractivity contribution in [2.45, 2.75) is 64.6 Å². The van der Waals surface area contributed by atoms with E-state index in [0.717, 1.165) is 61.6 Å². The molecule has 1 amide bonds. The standard InChI is InChI=1S/C22H28FN3OS/c1-16-20(28-17(2)24-16)15-25-12-3-9-22(11-13-25)10-8-21(27)26(22)14-18-4-6-19(23)7-5-18/h4-7H,3,8-15H2,1-2H3/t22-/m1/s1. The van der Waals surface area contributed by atoms with Crippen molar-refractivity contribution in [3.63, 3.8) is 0 Å². The van der Waals surface area contributed by atoms with E-state index in [1.54, 1.807) is 23.5 Å². The van der Waals surface area contributed by atoms with Crippen LogP contribution in [0.15, 0.2) is 24.3 Å². The number of amides is 1. The zero-order valence-corrected chi connectivity index (χ0v) is 17.5. The highest BCUT2D eigenvalue weighted by Gasteiger charge is 2.45. The van der Waals surface area contributed by atoms with Gasteiger partial charge in [0.05, 0.1) is 10.7 Å². The number of aryl methyl sites for hydroxylation is 2. The maximum atomic E-state index is 13.2. The first kappa shape index (κ1) is 19.5. The number of likely N-dealkylation sites (tertiary alicyclic amines) is 2. The van der Waals surface area contributed by atoms with Crippen molar-refractivity contribution in [2.24, 2.45) is 0 Å². The normalized spacial score (nSPS) is 23.5. The van der Waals surface area contributed by atoms with E-state index in [1.165, 1.54) is 17.0 Å². The summed E-state index contributed by atoms with van der Waals surface area (Å²) in [4.78, 5) is 23.2. The van der Waals surface area contributed by atoms with Crippen molar-refractivity contribution in [2.75, 3.05) is 13.1 Å². The molecule has 1 spiro atoms. The number of hydrogen-bond donors (Lipinski definition) is 0. The van der Waals surface area contributed by atoms with Crippen LogP contribution < -0.4 is 0 Å². The van der Waals surface area contributed by atoms with Crippen molar-refractivity contribution in [3.05, 3.63) is 51.2 Å². The van der Waals surface area contributed by atoms with Gasteiger partial charge in [-0.25, -0.2) is 9.37 Å². The summed E-state index contributed by atoms with van der Waals surface area (Å²) in [6, 6.07) is 6.56. The largest absolute Gasteiger partial charge is 0.333 e. The molecule has 4 rings (SSSR count). The summed E-state index contributed by atoms with van der Waals surface area (Å²) < 4.78 is 13.2. The maximum Gasteiger partial charge on any atom is 0.223 e. The van der Waals surface area contributed by atoms with Gasteiger partial charge < -0.3 is 4.90 Å². The number of hydrogen-bond acceptors (Lipinski definition) is 4. The van der Waals surface area contributed by atoms with Crippen molar-refractivity contribution in [1.82, 2.24) is 14.8 Å². The summed E-state index contributed by atoms with van der Waals surface area (Å²) in [5.74, 6) is 0.0108. The fourth-order valence-electron chi connectivity index (χ4n) is 4.74. The van der Waals surface area contributed by atoms with Gasteiger partial charge in [0.2, 0.25) is 5.91 Å². The molecule has 2 aliphatic heterocycles. The first-order valence-electron chi connectivity index (χ1n) is 10.2. The SMILES string of the molecule is Cc1nc(C)c(CN2CCC[C@@]3(CCC(=O)N3Cc3ccc(F)cc3)CC2)s1. The lowest BCUT2D eigenvalue weighted by molar-refractivity contribution is -0.132. The third-order valence-electron chi connectivity index (χ3n) is 6.31. The Balaban J connectivity index is 1.46. The number of aromatic nitrogens is 1. The lowest BCUT2D eigenvalue weighted by Crippen LogP contribution is -2.45. The number of carbonyl (C=O) groups excluding carboxylic acids is 1. The molecule has 2 fully saturated rings. The molecule has 6 heteroatoms. The van der Waals surface area contributed by atoms with Crippen LogP contribution in [0.1, 0.15) is 53.2 Å². The molecule has 0 N–H and O–H groups in total. The summed E-state index contributed by atoms with van der Waals surface area (Å²) in [6.45, 7) is 7.78. The van der Waals surface area contributed by atoms with Gasteiger partial charge in [0.25, 0.3) is 0 Å². The average Bonchev–Trinajstić information content (AvgIpc) is 3.04. The minimum atomic E-state index is -0.232. The van der Waals surface area contributed by atoms with Crippen molar-refractivity contribution in [1.29, 1.82) is 0 Å². The second kappa shape index (κ2) is 7.91. The third kappa shape index (κ3) is 3.98. The van der Waals surface area contributed by atoms with Gasteiger partial charge in [-0.15, -0.1) is 11.3 Å². The minimum absolute atomic E-state index is 0.0428. The van der Waals surface area contributed by atoms with Crippen LogP contribution in [0.25, 0.3) is 0 Å². The summed E-state index contributed by atoms with van der Waals surface area (Å²) in [6.07, 6.45) is 4.74. The van der Waals surface area contributed by atoms with Gasteiger partial charge in [0.15, 0.2) is 0 Å². The highest BCUT2D eigenvalue weighted by Crippen LogP contribution is 2.40. The molecule has 0 radical (unpaired) electrons. The van der Waals surface area contributed by atoms with E-state index in [2.05, 4.69) is 28.6 Å². The van der Waals surface area contributed by atoms with Gasteiger partial charge in [-0.05, 0) is 63.8 Å². The number of benzene rings is 1. The molecule has 0 bridgehead atoms. The van der Waals surface area contributed by atoms with Gasteiger partial charge in [0.1, 0.15) is 5.82 Å². The zero-order valence-electron chi connectivity index (χ0n) is 16.7. The highest BCUT2D eigenvalue weighted by molar-refractivity contribution is 7.11. The minimum Gasteiger partial charge on any atom is -0.333 e. The first-order chi connectivity index (χ1) is 13.4. The Morgan fingerprint density at radius 1 is 1.11 bits per heavy atom. The Kier molecular flexibility index (Phi) is 5.52. The van der Waals surface area contributed by atoms with Crippen LogP contribution in [0.5, 0.6) is 0 Å². The monoisotopic (exact) mass is 401 g/mol. The fourth-order valence-corrected chi connectivity index (χ4v) is 5.72. The van der Waals surface area contributed by atoms with Crippen LogP contribution in [0, 0.1) is 19.7 Å². The van der Waals surface area contributed by atoms with E-state index in [9.17, 15) is 9.18 Å². The van der Waals surface area contributed by atoms with E-state index in [1.807, 2.05) is 0 Å². The van der Waals surface area contributed by atoms with E-state index in [-0.39, 0.29) is 17.3 Å². The summed E-state index contributed by atoms with van der Waals surface area (Å²) in [5.41, 5.74) is 2.11. The quantitative estimate of drug-likeness (QED) is 0.760. The average molecular weight is 402 g/mol. The number of halogens is 1. The molecule has 2 aromatic rings. The highest BCUT2D eigenvalue weighted by atomic mass is 32.1. The Hall–Kier alpha value is -1.79. The zero-order chi connectivity index (χ0) is 19.7. The van der Waals surface area contributed by atoms with E-state index in [0.29, 0.717) is 13.0 Å². The van der Waals surface area contributed by atoms with Crippen LogP contribution in [0.2, 0.25) is 0 Å². The Morgan fingerprint density at radius 2 is 1.89 bits per heavy atom. The number of carbonyl (C=O) groups is 1. The molecule has 1 aromatic carbocycles. The predicted molar refractivity (Wildman–Crippen MR) is 110 cm³/mol. The fraction of sp³-hybridized carbons (Fsp3) is 0.545. The van der Waals surface area contributed by atoms with Gasteiger partial charge in [-0.3, -0.25) is 9.69 Å². The Morgan fingerprint density at radius 3 is 2.61 bits per heavy atom. The molecular weight excluding hydrogens is 373 g/mol. The lowest BCUT2D eigenvalue weighted by atomic mass is 9.87. The third-order valence-corrected chi connectivity index (χ3v) is 7.37. The second-order valence-electron chi connectivity index (χ2n) is 8.20. The Bertz CT molecular complexity index is 850. The molecule has 1 aromatic heterocycles. The van der Waals surface area contributed by atoms with Crippen molar-refractivity contribution in [3.8, 4) is 0 Å².